The van der Waals surface area contributed by atoms with Crippen molar-refractivity contribution in [3.63, 3.8) is 0 Å². The Bertz CT molecular complexity index is 1080. The number of nitrogen functional groups attached to an aromatic ring is 1. The number of pyridine rings is 1. The number of benzene rings is 1. The molecule has 0 bridgehead atoms. The molecule has 3 aromatic rings. The number of anilines is 1. The normalized spacial score (nSPS) is 16.7. The lowest BCUT2D eigenvalue weighted by Gasteiger charge is -2.26. The monoisotopic (exact) mass is 371 g/mol. The van der Waals surface area contributed by atoms with Crippen molar-refractivity contribution in [3.8, 4) is 11.3 Å². The van der Waals surface area contributed by atoms with E-state index in [2.05, 4.69) is 10.1 Å². The standard InChI is InChI=1S/C17H17N5O3S/c18-17-19-15-3-1-2-14(22(15)20-17)12-4-6-13(7-5-12)16(23)21-8-10-26(24,25)11-9-21/h1-7H,8-11H2,(H2,18,20). The van der Waals surface area contributed by atoms with Gasteiger partial charge in [-0.1, -0.05) is 18.2 Å². The highest BCUT2D eigenvalue weighted by Crippen LogP contribution is 2.21. The van der Waals surface area contributed by atoms with Crippen LogP contribution in [0, 0.1) is 0 Å². The number of fused-ring (bicyclic) bond motifs is 1. The van der Waals surface area contributed by atoms with Crippen LogP contribution in [0.2, 0.25) is 0 Å². The topological polar surface area (TPSA) is 111 Å². The number of amides is 1. The molecule has 0 radical (unpaired) electrons. The predicted octanol–water partition coefficient (Wildman–Crippen LogP) is 0.849. The van der Waals surface area contributed by atoms with Gasteiger partial charge in [-0.25, -0.2) is 12.9 Å². The van der Waals surface area contributed by atoms with Crippen molar-refractivity contribution < 1.29 is 13.2 Å². The van der Waals surface area contributed by atoms with Crippen LogP contribution in [0.1, 0.15) is 10.4 Å². The Morgan fingerprint density at radius 3 is 2.42 bits per heavy atom. The van der Waals surface area contributed by atoms with Gasteiger partial charge in [-0.05, 0) is 24.3 Å². The number of hydrogen-bond acceptors (Lipinski definition) is 6. The zero-order chi connectivity index (χ0) is 18.3. The lowest BCUT2D eigenvalue weighted by Crippen LogP contribution is -2.43. The lowest BCUT2D eigenvalue weighted by atomic mass is 10.1. The first-order valence-corrected chi connectivity index (χ1v) is 9.96. The molecule has 2 N–H and O–H groups in total. The van der Waals surface area contributed by atoms with E-state index < -0.39 is 9.84 Å². The quantitative estimate of drug-likeness (QED) is 0.715. The van der Waals surface area contributed by atoms with Gasteiger partial charge >= 0.3 is 0 Å². The van der Waals surface area contributed by atoms with E-state index in [4.69, 9.17) is 5.73 Å². The molecule has 1 fully saturated rings. The fraction of sp³-hybridized carbons (Fsp3) is 0.235. The Labute approximate surface area is 150 Å². The van der Waals surface area contributed by atoms with Crippen LogP contribution < -0.4 is 5.73 Å². The zero-order valence-electron chi connectivity index (χ0n) is 13.9. The minimum atomic E-state index is -3.01. The fourth-order valence-electron chi connectivity index (χ4n) is 3.02. The Morgan fingerprint density at radius 2 is 1.73 bits per heavy atom. The van der Waals surface area contributed by atoms with E-state index in [1.165, 1.54) is 0 Å². The molecule has 0 spiro atoms. The third-order valence-corrected chi connectivity index (χ3v) is 6.04. The summed E-state index contributed by atoms with van der Waals surface area (Å²) >= 11 is 0. The van der Waals surface area contributed by atoms with E-state index in [1.54, 1.807) is 21.5 Å². The van der Waals surface area contributed by atoms with Gasteiger partial charge in [-0.15, -0.1) is 5.10 Å². The van der Waals surface area contributed by atoms with Crippen LogP contribution in [0.4, 0.5) is 5.95 Å². The summed E-state index contributed by atoms with van der Waals surface area (Å²) in [6, 6.07) is 12.7. The summed E-state index contributed by atoms with van der Waals surface area (Å²) in [5.74, 6) is 0.0815. The molecule has 1 saturated heterocycles. The Kier molecular flexibility index (Phi) is 3.87. The van der Waals surface area contributed by atoms with Gasteiger partial charge < -0.3 is 10.6 Å². The second-order valence-corrected chi connectivity index (χ2v) is 8.48. The Balaban J connectivity index is 1.59. The Morgan fingerprint density at radius 1 is 1.04 bits per heavy atom. The molecule has 1 aliphatic heterocycles. The van der Waals surface area contributed by atoms with E-state index >= 15 is 0 Å². The SMILES string of the molecule is Nc1nc2cccc(-c3ccc(C(=O)N4CCS(=O)(=O)CC4)cc3)n2n1. The summed E-state index contributed by atoms with van der Waals surface area (Å²) in [5, 5.41) is 4.19. The highest BCUT2D eigenvalue weighted by atomic mass is 32.2. The molecular formula is C17H17N5O3S. The van der Waals surface area contributed by atoms with Crippen molar-refractivity contribution in [1.82, 2.24) is 19.5 Å². The minimum absolute atomic E-state index is 0.0204. The molecule has 0 atom stereocenters. The molecule has 4 rings (SSSR count). The highest BCUT2D eigenvalue weighted by molar-refractivity contribution is 7.91. The van der Waals surface area contributed by atoms with E-state index in [1.807, 2.05) is 30.3 Å². The molecule has 0 aliphatic carbocycles. The maximum Gasteiger partial charge on any atom is 0.253 e. The fourth-order valence-corrected chi connectivity index (χ4v) is 4.22. The number of nitrogens with two attached hydrogens (primary N) is 1. The van der Waals surface area contributed by atoms with Crippen LogP contribution in [0.5, 0.6) is 0 Å². The molecule has 1 aliphatic rings. The molecule has 1 amide bonds. The van der Waals surface area contributed by atoms with Crippen LogP contribution in [-0.4, -0.2) is 58.4 Å². The zero-order valence-corrected chi connectivity index (χ0v) is 14.7. The van der Waals surface area contributed by atoms with Gasteiger partial charge in [0.15, 0.2) is 15.5 Å². The summed E-state index contributed by atoms with van der Waals surface area (Å²) in [6.07, 6.45) is 0. The van der Waals surface area contributed by atoms with Crippen molar-refractivity contribution in [1.29, 1.82) is 0 Å². The van der Waals surface area contributed by atoms with Crippen LogP contribution in [0.3, 0.4) is 0 Å². The van der Waals surface area contributed by atoms with Gasteiger partial charge in [0.05, 0.1) is 17.2 Å². The van der Waals surface area contributed by atoms with E-state index in [-0.39, 0.29) is 36.5 Å². The largest absolute Gasteiger partial charge is 0.366 e. The molecule has 134 valence electrons. The molecule has 0 saturated carbocycles. The molecule has 26 heavy (non-hydrogen) atoms. The predicted molar refractivity (Wildman–Crippen MR) is 97.4 cm³/mol. The van der Waals surface area contributed by atoms with Gasteiger partial charge in [0.25, 0.3) is 5.91 Å². The molecule has 9 heteroatoms. The van der Waals surface area contributed by atoms with Crippen LogP contribution >= 0.6 is 0 Å². The summed E-state index contributed by atoms with van der Waals surface area (Å²) < 4.78 is 24.7. The summed E-state index contributed by atoms with van der Waals surface area (Å²) in [5.41, 5.74) is 8.53. The number of nitrogens with zero attached hydrogens (tertiary/aromatic N) is 4. The molecule has 3 heterocycles. The minimum Gasteiger partial charge on any atom is -0.366 e. The first-order valence-electron chi connectivity index (χ1n) is 8.14. The van der Waals surface area contributed by atoms with Gasteiger partial charge in [0.1, 0.15) is 0 Å². The number of carbonyl (C=O) groups is 1. The maximum absolute atomic E-state index is 12.6. The molecule has 0 unspecified atom stereocenters. The van der Waals surface area contributed by atoms with Gasteiger partial charge in [0.2, 0.25) is 5.95 Å². The van der Waals surface area contributed by atoms with Crippen molar-refractivity contribution in [2.75, 3.05) is 30.3 Å². The Hall–Kier alpha value is -2.94. The second kappa shape index (κ2) is 6.10. The van der Waals surface area contributed by atoms with E-state index in [0.717, 1.165) is 11.3 Å². The molecule has 8 nitrogen and oxygen atoms in total. The third-order valence-electron chi connectivity index (χ3n) is 4.44. The first kappa shape index (κ1) is 16.5. The van der Waals surface area contributed by atoms with E-state index in [0.29, 0.717) is 11.2 Å². The number of hydrogen-bond donors (Lipinski definition) is 1. The van der Waals surface area contributed by atoms with Crippen molar-refractivity contribution >= 4 is 27.3 Å². The van der Waals surface area contributed by atoms with Crippen LogP contribution in [0.15, 0.2) is 42.5 Å². The van der Waals surface area contributed by atoms with Gasteiger partial charge in [-0.3, -0.25) is 4.79 Å². The highest BCUT2D eigenvalue weighted by Gasteiger charge is 2.25. The average molecular weight is 371 g/mol. The number of rotatable bonds is 2. The second-order valence-electron chi connectivity index (χ2n) is 6.17. The van der Waals surface area contributed by atoms with Gasteiger partial charge in [-0.2, -0.15) is 4.98 Å². The first-order chi connectivity index (χ1) is 12.4. The third kappa shape index (κ3) is 3.01. The van der Waals surface area contributed by atoms with Crippen LogP contribution in [-0.2, 0) is 9.84 Å². The number of aromatic nitrogens is 3. The molecular weight excluding hydrogens is 354 g/mol. The maximum atomic E-state index is 12.6. The lowest BCUT2D eigenvalue weighted by molar-refractivity contribution is 0.0770. The summed E-state index contributed by atoms with van der Waals surface area (Å²) in [4.78, 5) is 18.3. The van der Waals surface area contributed by atoms with Crippen LogP contribution in [0.25, 0.3) is 16.9 Å². The van der Waals surface area contributed by atoms with Crippen molar-refractivity contribution in [2.24, 2.45) is 0 Å². The molecule has 2 aromatic heterocycles. The van der Waals surface area contributed by atoms with Gasteiger partial charge in [0, 0.05) is 24.2 Å². The van der Waals surface area contributed by atoms with Crippen molar-refractivity contribution in [2.45, 2.75) is 0 Å². The molecule has 1 aromatic carbocycles. The number of carbonyl (C=O) groups excluding carboxylic acids is 1. The average Bonchev–Trinajstić information content (AvgIpc) is 3.01. The summed E-state index contributed by atoms with van der Waals surface area (Å²) in [7, 11) is -3.01. The number of sulfone groups is 1. The summed E-state index contributed by atoms with van der Waals surface area (Å²) in [6.45, 7) is 0.473. The smallest absolute Gasteiger partial charge is 0.253 e. The van der Waals surface area contributed by atoms with E-state index in [9.17, 15) is 13.2 Å². The van der Waals surface area contributed by atoms with Crippen molar-refractivity contribution in [3.05, 3.63) is 48.0 Å².